The molecule has 0 aromatic carbocycles. The van der Waals surface area contributed by atoms with Gasteiger partial charge in [-0.1, -0.05) is 11.6 Å². The van der Waals surface area contributed by atoms with E-state index in [4.69, 9.17) is 11.6 Å². The summed E-state index contributed by atoms with van der Waals surface area (Å²) in [6, 6.07) is 1.33. The average molecular weight is 244 g/mol. The van der Waals surface area contributed by atoms with Crippen LogP contribution in [0.4, 0.5) is 13.2 Å². The van der Waals surface area contributed by atoms with Crippen LogP contribution in [0.5, 0.6) is 0 Å². The van der Waals surface area contributed by atoms with Gasteiger partial charge in [-0.2, -0.15) is 13.2 Å². The van der Waals surface area contributed by atoms with Crippen LogP contribution in [0.1, 0.15) is 18.5 Å². The predicted octanol–water partition coefficient (Wildman–Crippen LogP) is 3.61. The highest BCUT2D eigenvalue weighted by Gasteiger charge is 2.27. The number of hydrogen-bond acceptors (Lipinski definition) is 2. The van der Waals surface area contributed by atoms with Crippen LogP contribution in [0.3, 0.4) is 0 Å². The lowest BCUT2D eigenvalue weighted by molar-refractivity contribution is -0.126. The Labute approximate surface area is 88.9 Å². The first kappa shape index (κ1) is 11.8. The van der Waals surface area contributed by atoms with Crippen molar-refractivity contribution in [3.05, 3.63) is 21.3 Å². The number of hydrogen-bond donors (Lipinski definition) is 1. The summed E-state index contributed by atoms with van der Waals surface area (Å²) in [5, 5.41) is 4.12. The van der Waals surface area contributed by atoms with Gasteiger partial charge in [0.1, 0.15) is 0 Å². The Morgan fingerprint density at radius 1 is 1.57 bits per heavy atom. The van der Waals surface area contributed by atoms with Crippen LogP contribution >= 0.6 is 22.9 Å². The average Bonchev–Trinajstić information content (AvgIpc) is 2.46. The molecule has 0 aliphatic carbocycles. The summed E-state index contributed by atoms with van der Waals surface area (Å²) < 4.78 is 36.1. The number of halogens is 4. The maximum Gasteiger partial charge on any atom is 0.401 e. The molecule has 1 unspecified atom stereocenters. The third-order valence-electron chi connectivity index (χ3n) is 1.70. The minimum atomic E-state index is -4.17. The van der Waals surface area contributed by atoms with Gasteiger partial charge in [-0.15, -0.1) is 11.3 Å². The van der Waals surface area contributed by atoms with E-state index < -0.39 is 12.7 Å². The lowest BCUT2D eigenvalue weighted by atomic mass is 10.2. The van der Waals surface area contributed by atoms with Crippen LogP contribution in [-0.2, 0) is 0 Å². The molecule has 1 N–H and O–H groups in total. The molecule has 0 fully saturated rings. The van der Waals surface area contributed by atoms with Crippen molar-refractivity contribution < 1.29 is 13.2 Å². The second-order valence-electron chi connectivity index (χ2n) is 2.90. The molecule has 0 saturated heterocycles. The molecule has 1 aromatic heterocycles. The van der Waals surface area contributed by atoms with Gasteiger partial charge in [0.2, 0.25) is 0 Å². The Morgan fingerprint density at radius 2 is 2.21 bits per heavy atom. The SMILES string of the molecule is CC(NCC(F)(F)F)c1csc(Cl)c1. The van der Waals surface area contributed by atoms with Crippen molar-refractivity contribution in [2.75, 3.05) is 6.54 Å². The normalized spacial score (nSPS) is 14.4. The van der Waals surface area contributed by atoms with Crippen LogP contribution in [0.2, 0.25) is 4.34 Å². The zero-order chi connectivity index (χ0) is 10.8. The first-order valence-corrected chi connectivity index (χ1v) is 5.18. The van der Waals surface area contributed by atoms with Crippen LogP contribution in [0.25, 0.3) is 0 Å². The maximum atomic E-state index is 11.9. The number of rotatable bonds is 3. The topological polar surface area (TPSA) is 12.0 Å². The summed E-state index contributed by atoms with van der Waals surface area (Å²) in [4.78, 5) is 0. The zero-order valence-corrected chi connectivity index (χ0v) is 8.93. The van der Waals surface area contributed by atoms with Gasteiger partial charge in [0.05, 0.1) is 10.9 Å². The molecule has 0 saturated carbocycles. The van der Waals surface area contributed by atoms with Gasteiger partial charge in [-0.25, -0.2) is 0 Å². The molecule has 1 nitrogen and oxygen atoms in total. The first-order chi connectivity index (χ1) is 6.38. The van der Waals surface area contributed by atoms with Gasteiger partial charge in [0.25, 0.3) is 0 Å². The predicted molar refractivity (Wildman–Crippen MR) is 51.8 cm³/mol. The van der Waals surface area contributed by atoms with Gasteiger partial charge >= 0.3 is 6.18 Å². The Hall–Kier alpha value is -0.260. The quantitative estimate of drug-likeness (QED) is 0.855. The van der Waals surface area contributed by atoms with Crippen LogP contribution < -0.4 is 5.32 Å². The fourth-order valence-corrected chi connectivity index (χ4v) is 1.92. The summed E-state index contributed by atoms with van der Waals surface area (Å²) in [6.07, 6.45) is -4.17. The van der Waals surface area contributed by atoms with Crippen molar-refractivity contribution in [1.82, 2.24) is 5.32 Å². The Kier molecular flexibility index (Phi) is 3.80. The summed E-state index contributed by atoms with van der Waals surface area (Å²) >= 11 is 6.97. The van der Waals surface area contributed by atoms with Crippen LogP contribution in [0, 0.1) is 0 Å². The van der Waals surface area contributed by atoms with E-state index in [0.717, 1.165) is 5.56 Å². The molecule has 1 heterocycles. The Morgan fingerprint density at radius 3 is 2.64 bits per heavy atom. The molecule has 14 heavy (non-hydrogen) atoms. The number of nitrogens with one attached hydrogen (secondary N) is 1. The molecular weight excluding hydrogens is 235 g/mol. The molecule has 0 bridgehead atoms. The second-order valence-corrected chi connectivity index (χ2v) is 4.44. The molecule has 0 spiro atoms. The van der Waals surface area contributed by atoms with Gasteiger partial charge in [0.15, 0.2) is 0 Å². The summed E-state index contributed by atoms with van der Waals surface area (Å²) in [5.74, 6) is 0. The second kappa shape index (κ2) is 4.51. The lowest BCUT2D eigenvalue weighted by Gasteiger charge is -2.13. The molecular formula is C8H9ClF3NS. The molecule has 1 aromatic rings. The fourth-order valence-electron chi connectivity index (χ4n) is 0.937. The molecule has 0 aliphatic rings. The molecule has 0 amide bonds. The highest BCUT2D eigenvalue weighted by atomic mass is 35.5. The largest absolute Gasteiger partial charge is 0.401 e. The minimum Gasteiger partial charge on any atom is -0.302 e. The van der Waals surface area contributed by atoms with E-state index in [0.29, 0.717) is 4.34 Å². The Bertz CT molecular complexity index is 297. The smallest absolute Gasteiger partial charge is 0.302 e. The number of thiophene rings is 1. The van der Waals surface area contributed by atoms with E-state index in [-0.39, 0.29) is 6.04 Å². The standard InChI is InChI=1S/C8H9ClF3NS/c1-5(13-4-8(10,11)12)6-2-7(9)14-3-6/h2-3,5,13H,4H2,1H3. The van der Waals surface area contributed by atoms with Gasteiger partial charge < -0.3 is 5.32 Å². The van der Waals surface area contributed by atoms with Crippen molar-refractivity contribution >= 4 is 22.9 Å². The van der Waals surface area contributed by atoms with Gasteiger partial charge in [-0.05, 0) is 23.9 Å². The van der Waals surface area contributed by atoms with Crippen molar-refractivity contribution in [3.8, 4) is 0 Å². The van der Waals surface area contributed by atoms with Crippen LogP contribution in [0.15, 0.2) is 11.4 Å². The number of alkyl halides is 3. The highest BCUT2D eigenvalue weighted by molar-refractivity contribution is 7.14. The summed E-state index contributed by atoms with van der Waals surface area (Å²) in [6.45, 7) is 0.686. The molecule has 1 atom stereocenters. The summed E-state index contributed by atoms with van der Waals surface area (Å²) in [5.41, 5.74) is 0.782. The fraction of sp³-hybridized carbons (Fsp3) is 0.500. The minimum absolute atomic E-state index is 0.333. The van der Waals surface area contributed by atoms with E-state index in [9.17, 15) is 13.2 Å². The third kappa shape index (κ3) is 3.86. The van der Waals surface area contributed by atoms with E-state index in [1.807, 2.05) is 0 Å². The van der Waals surface area contributed by atoms with Crippen molar-refractivity contribution in [2.45, 2.75) is 19.1 Å². The zero-order valence-electron chi connectivity index (χ0n) is 7.36. The van der Waals surface area contributed by atoms with E-state index in [1.165, 1.54) is 11.3 Å². The van der Waals surface area contributed by atoms with E-state index in [2.05, 4.69) is 5.32 Å². The van der Waals surface area contributed by atoms with Gasteiger partial charge in [0, 0.05) is 6.04 Å². The Balaban J connectivity index is 2.47. The van der Waals surface area contributed by atoms with Crippen molar-refractivity contribution in [1.29, 1.82) is 0 Å². The molecule has 0 radical (unpaired) electrons. The molecule has 0 aliphatic heterocycles. The van der Waals surface area contributed by atoms with Crippen molar-refractivity contribution in [2.24, 2.45) is 0 Å². The molecule has 80 valence electrons. The monoisotopic (exact) mass is 243 g/mol. The lowest BCUT2D eigenvalue weighted by Crippen LogP contribution is -2.30. The van der Waals surface area contributed by atoms with Crippen LogP contribution in [-0.4, -0.2) is 12.7 Å². The molecule has 1 rings (SSSR count). The van der Waals surface area contributed by atoms with E-state index >= 15 is 0 Å². The van der Waals surface area contributed by atoms with E-state index in [1.54, 1.807) is 18.4 Å². The maximum absolute atomic E-state index is 11.9. The highest BCUT2D eigenvalue weighted by Crippen LogP contribution is 2.25. The van der Waals surface area contributed by atoms with Crippen molar-refractivity contribution in [3.63, 3.8) is 0 Å². The summed E-state index contributed by atoms with van der Waals surface area (Å²) in [7, 11) is 0. The molecule has 6 heteroatoms. The first-order valence-electron chi connectivity index (χ1n) is 3.92. The third-order valence-corrected chi connectivity index (χ3v) is 2.81. The van der Waals surface area contributed by atoms with Gasteiger partial charge in [-0.3, -0.25) is 0 Å².